The number of anilines is 1. The van der Waals surface area contributed by atoms with Gasteiger partial charge in [-0.25, -0.2) is 9.67 Å². The molecule has 4 aromatic rings. The summed E-state index contributed by atoms with van der Waals surface area (Å²) in [5.74, 6) is 0.428. The van der Waals surface area contributed by atoms with E-state index in [1.54, 1.807) is 25.1 Å². The molecule has 0 aliphatic heterocycles. The summed E-state index contributed by atoms with van der Waals surface area (Å²) < 4.78 is 6.41. The molecule has 26 heavy (non-hydrogen) atoms. The lowest BCUT2D eigenvalue weighted by atomic mass is 10.3. The fourth-order valence-electron chi connectivity index (χ4n) is 2.60. The number of imidazole rings is 1. The largest absolute Gasteiger partial charge is 0.463 e. The number of H-pyrrole nitrogens is 1. The molecule has 0 saturated carbocycles. The zero-order chi connectivity index (χ0) is 18.1. The monoisotopic (exact) mass is 349 g/mol. The summed E-state index contributed by atoms with van der Waals surface area (Å²) >= 11 is 0. The second-order valence-electron chi connectivity index (χ2n) is 5.75. The topological polar surface area (TPSA) is 106 Å². The number of carbonyl (C=O) groups excluding carboxylic acids is 1. The van der Waals surface area contributed by atoms with Gasteiger partial charge in [0.1, 0.15) is 11.7 Å². The second kappa shape index (κ2) is 6.32. The van der Waals surface area contributed by atoms with Crippen LogP contribution in [0.5, 0.6) is 0 Å². The lowest BCUT2D eigenvalue weighted by Gasteiger charge is -2.13. The van der Waals surface area contributed by atoms with Crippen molar-refractivity contribution in [1.29, 1.82) is 0 Å². The molecule has 0 spiro atoms. The van der Waals surface area contributed by atoms with Gasteiger partial charge in [0, 0.05) is 6.07 Å². The van der Waals surface area contributed by atoms with Gasteiger partial charge in [-0.1, -0.05) is 12.1 Å². The van der Waals surface area contributed by atoms with E-state index in [0.29, 0.717) is 17.4 Å². The summed E-state index contributed by atoms with van der Waals surface area (Å²) in [6.45, 7) is 1.60. The summed E-state index contributed by atoms with van der Waals surface area (Å²) in [7, 11) is 0. The zero-order valence-electron chi connectivity index (χ0n) is 13.8. The Morgan fingerprint density at radius 2 is 2.04 bits per heavy atom. The molecule has 1 aromatic carbocycles. The number of benzene rings is 1. The molecule has 1 atom stereocenters. The summed E-state index contributed by atoms with van der Waals surface area (Å²) in [6.07, 6.45) is 1.52. The van der Waals surface area contributed by atoms with Crippen molar-refractivity contribution < 1.29 is 9.21 Å². The van der Waals surface area contributed by atoms with Crippen molar-refractivity contribution in [3.8, 4) is 11.5 Å². The number of aromatic nitrogens is 4. The number of hydrogen-bond acceptors (Lipinski definition) is 5. The molecule has 8 heteroatoms. The predicted octanol–water partition coefficient (Wildman–Crippen LogP) is 2.58. The van der Waals surface area contributed by atoms with Crippen LogP contribution in [0.3, 0.4) is 0 Å². The molecular weight excluding hydrogens is 334 g/mol. The molecule has 4 rings (SSSR count). The molecule has 0 saturated heterocycles. The molecule has 3 aromatic heterocycles. The van der Waals surface area contributed by atoms with Crippen molar-refractivity contribution in [2.45, 2.75) is 13.0 Å². The van der Waals surface area contributed by atoms with E-state index in [1.807, 2.05) is 24.3 Å². The lowest BCUT2D eigenvalue weighted by molar-refractivity contribution is -0.119. The van der Waals surface area contributed by atoms with Crippen LogP contribution in [-0.2, 0) is 4.79 Å². The van der Waals surface area contributed by atoms with Gasteiger partial charge >= 0.3 is 0 Å². The number of furan rings is 1. The maximum absolute atomic E-state index is 12.5. The number of rotatable bonds is 4. The van der Waals surface area contributed by atoms with Gasteiger partial charge in [-0.2, -0.15) is 5.10 Å². The summed E-state index contributed by atoms with van der Waals surface area (Å²) in [6, 6.07) is 13.0. The van der Waals surface area contributed by atoms with E-state index in [9.17, 15) is 9.59 Å². The van der Waals surface area contributed by atoms with Crippen LogP contribution in [0.4, 0.5) is 5.95 Å². The Morgan fingerprint density at radius 1 is 1.19 bits per heavy atom. The third kappa shape index (κ3) is 2.88. The first kappa shape index (κ1) is 15.8. The Labute approximate surface area is 147 Å². The van der Waals surface area contributed by atoms with Gasteiger partial charge in [0.2, 0.25) is 5.95 Å². The minimum atomic E-state index is -0.828. The summed E-state index contributed by atoms with van der Waals surface area (Å²) in [4.78, 5) is 32.0. The van der Waals surface area contributed by atoms with E-state index in [1.165, 1.54) is 12.3 Å². The quantitative estimate of drug-likeness (QED) is 0.589. The van der Waals surface area contributed by atoms with E-state index in [2.05, 4.69) is 20.4 Å². The van der Waals surface area contributed by atoms with Crippen LogP contribution in [0.1, 0.15) is 13.0 Å². The molecule has 0 aliphatic rings. The minimum Gasteiger partial charge on any atom is -0.463 e. The highest BCUT2D eigenvalue weighted by Crippen LogP contribution is 2.17. The van der Waals surface area contributed by atoms with E-state index in [0.717, 1.165) is 15.7 Å². The van der Waals surface area contributed by atoms with Crippen molar-refractivity contribution >= 4 is 22.9 Å². The Balaban J connectivity index is 1.60. The summed E-state index contributed by atoms with van der Waals surface area (Å²) in [5, 5.41) is 6.92. The maximum Gasteiger partial charge on any atom is 0.267 e. The normalized spacial score (nSPS) is 12.2. The van der Waals surface area contributed by atoms with Crippen molar-refractivity contribution in [2.75, 3.05) is 5.32 Å². The molecular formula is C18H15N5O3. The van der Waals surface area contributed by atoms with E-state index < -0.39 is 11.9 Å². The zero-order valence-corrected chi connectivity index (χ0v) is 13.8. The van der Waals surface area contributed by atoms with Crippen LogP contribution < -0.4 is 10.9 Å². The number of hydrogen-bond donors (Lipinski definition) is 2. The van der Waals surface area contributed by atoms with Gasteiger partial charge in [-0.15, -0.1) is 0 Å². The molecule has 1 amide bonds. The van der Waals surface area contributed by atoms with Crippen molar-refractivity contribution in [2.24, 2.45) is 0 Å². The predicted molar refractivity (Wildman–Crippen MR) is 95.6 cm³/mol. The van der Waals surface area contributed by atoms with E-state index in [4.69, 9.17) is 4.42 Å². The molecule has 0 aliphatic carbocycles. The first-order valence-electron chi connectivity index (χ1n) is 8.01. The fourth-order valence-corrected chi connectivity index (χ4v) is 2.60. The third-order valence-corrected chi connectivity index (χ3v) is 3.98. The van der Waals surface area contributed by atoms with Gasteiger partial charge < -0.3 is 9.40 Å². The van der Waals surface area contributed by atoms with Crippen LogP contribution in [0.25, 0.3) is 22.5 Å². The molecule has 8 nitrogen and oxygen atoms in total. The smallest absolute Gasteiger partial charge is 0.267 e. The standard InChI is InChI=1S/C18H15N5O3/c1-11(17(25)21-18-19-12-5-2-3-6-13(12)20-18)23-16(24)9-8-14(22-23)15-7-4-10-26-15/h2-11H,1H3,(H2,19,20,21,25)/t11-/m1/s1. The molecule has 0 bridgehead atoms. The molecule has 0 unspecified atom stereocenters. The molecule has 130 valence electrons. The second-order valence-corrected chi connectivity index (χ2v) is 5.75. The van der Waals surface area contributed by atoms with Crippen LogP contribution in [0.2, 0.25) is 0 Å². The van der Waals surface area contributed by atoms with Crippen molar-refractivity contribution in [3.63, 3.8) is 0 Å². The van der Waals surface area contributed by atoms with E-state index in [-0.39, 0.29) is 5.56 Å². The molecule has 0 fully saturated rings. The highest BCUT2D eigenvalue weighted by molar-refractivity contribution is 5.93. The Bertz CT molecular complexity index is 1090. The van der Waals surface area contributed by atoms with Crippen LogP contribution >= 0.6 is 0 Å². The van der Waals surface area contributed by atoms with Gasteiger partial charge in [-0.05, 0) is 37.3 Å². The SMILES string of the molecule is C[C@H](C(=O)Nc1nc2ccccc2[nH]1)n1nc(-c2ccco2)ccc1=O. The maximum atomic E-state index is 12.5. The van der Waals surface area contributed by atoms with Gasteiger partial charge in [0.05, 0.1) is 17.3 Å². The number of carbonyl (C=O) groups is 1. The minimum absolute atomic E-state index is 0.318. The molecule has 3 heterocycles. The Kier molecular flexibility index (Phi) is 3.85. The third-order valence-electron chi connectivity index (χ3n) is 3.98. The fraction of sp³-hybridized carbons (Fsp3) is 0.111. The van der Waals surface area contributed by atoms with Crippen LogP contribution in [0.15, 0.2) is 64.0 Å². The number of aromatic amines is 1. The Morgan fingerprint density at radius 3 is 2.81 bits per heavy atom. The summed E-state index contributed by atoms with van der Waals surface area (Å²) in [5.41, 5.74) is 1.64. The van der Waals surface area contributed by atoms with Crippen molar-refractivity contribution in [3.05, 3.63) is 65.1 Å². The lowest BCUT2D eigenvalue weighted by Crippen LogP contribution is -2.33. The van der Waals surface area contributed by atoms with Gasteiger partial charge in [0.25, 0.3) is 11.5 Å². The number of nitrogens with zero attached hydrogens (tertiary/aromatic N) is 3. The van der Waals surface area contributed by atoms with Crippen molar-refractivity contribution in [1.82, 2.24) is 19.7 Å². The van der Waals surface area contributed by atoms with E-state index >= 15 is 0 Å². The average molecular weight is 349 g/mol. The average Bonchev–Trinajstić information content (AvgIpc) is 3.30. The Hall–Kier alpha value is -3.68. The number of fused-ring (bicyclic) bond motifs is 1. The van der Waals surface area contributed by atoms with Crippen LogP contribution in [0, 0.1) is 0 Å². The highest BCUT2D eigenvalue weighted by Gasteiger charge is 2.19. The van der Waals surface area contributed by atoms with Gasteiger partial charge in [0.15, 0.2) is 5.76 Å². The van der Waals surface area contributed by atoms with Crippen LogP contribution in [-0.4, -0.2) is 25.7 Å². The number of nitrogens with one attached hydrogen (secondary N) is 2. The molecule has 0 radical (unpaired) electrons. The number of amides is 1. The first-order valence-corrected chi connectivity index (χ1v) is 8.01. The number of para-hydroxylation sites is 2. The van der Waals surface area contributed by atoms with Gasteiger partial charge in [-0.3, -0.25) is 14.9 Å². The highest BCUT2D eigenvalue weighted by atomic mass is 16.3. The first-order chi connectivity index (χ1) is 12.6. The molecule has 2 N–H and O–H groups in total.